The van der Waals surface area contributed by atoms with Crippen molar-refractivity contribution in [2.24, 2.45) is 0 Å². The fourth-order valence-corrected chi connectivity index (χ4v) is 2.28. The molecule has 3 nitrogen and oxygen atoms in total. The summed E-state index contributed by atoms with van der Waals surface area (Å²) in [5, 5.41) is 8.92. The van der Waals surface area contributed by atoms with E-state index in [0.29, 0.717) is 13.1 Å². The molecule has 104 valence electrons. The van der Waals surface area contributed by atoms with Crippen LogP contribution in [0.4, 0.5) is 18.9 Å². The molecule has 2 rings (SSSR count). The summed E-state index contributed by atoms with van der Waals surface area (Å²) in [6.45, 7) is 0.950. The van der Waals surface area contributed by atoms with Crippen molar-refractivity contribution in [3.05, 3.63) is 29.3 Å². The van der Waals surface area contributed by atoms with Crippen LogP contribution >= 0.6 is 0 Å². The smallest absolute Gasteiger partial charge is 0.389 e. The highest BCUT2D eigenvalue weighted by molar-refractivity contribution is 5.89. The molecule has 0 unspecified atom stereocenters. The highest BCUT2D eigenvalue weighted by atomic mass is 19.4. The van der Waals surface area contributed by atoms with Crippen LogP contribution in [0.2, 0.25) is 0 Å². The lowest BCUT2D eigenvalue weighted by Crippen LogP contribution is -2.23. The minimum absolute atomic E-state index is 0.0280. The van der Waals surface area contributed by atoms with Gasteiger partial charge in [0.1, 0.15) is 0 Å². The van der Waals surface area contributed by atoms with Crippen LogP contribution in [0.5, 0.6) is 0 Å². The molecule has 0 atom stereocenters. The summed E-state index contributed by atoms with van der Waals surface area (Å²) in [7, 11) is 0. The molecule has 0 spiro atoms. The average Bonchev–Trinajstić information content (AvgIpc) is 2.70. The first-order valence-corrected chi connectivity index (χ1v) is 6.05. The van der Waals surface area contributed by atoms with E-state index in [2.05, 4.69) is 0 Å². The van der Waals surface area contributed by atoms with Crippen LogP contribution in [0.3, 0.4) is 0 Å². The predicted octanol–water partition coefficient (Wildman–Crippen LogP) is 3.09. The van der Waals surface area contributed by atoms with E-state index in [4.69, 9.17) is 5.11 Å². The summed E-state index contributed by atoms with van der Waals surface area (Å²) < 4.78 is 36.3. The SMILES string of the molecule is O=C(O)c1ccc2c(c1)N(CCCC(F)(F)F)CC2. The lowest BCUT2D eigenvalue weighted by atomic mass is 10.1. The van der Waals surface area contributed by atoms with Gasteiger partial charge in [0.05, 0.1) is 5.56 Å². The largest absolute Gasteiger partial charge is 0.478 e. The molecule has 1 aromatic rings. The zero-order chi connectivity index (χ0) is 14.0. The number of carboxylic acids is 1. The number of benzene rings is 1. The first-order chi connectivity index (χ1) is 8.87. The summed E-state index contributed by atoms with van der Waals surface area (Å²) >= 11 is 0. The van der Waals surface area contributed by atoms with Crippen molar-refractivity contribution in [2.75, 3.05) is 18.0 Å². The number of hydrogen-bond donors (Lipinski definition) is 1. The second kappa shape index (κ2) is 5.11. The topological polar surface area (TPSA) is 40.5 Å². The monoisotopic (exact) mass is 273 g/mol. The third kappa shape index (κ3) is 3.39. The lowest BCUT2D eigenvalue weighted by Gasteiger charge is -2.20. The molecule has 0 bridgehead atoms. The molecule has 0 saturated heterocycles. The summed E-state index contributed by atoms with van der Waals surface area (Å²) in [4.78, 5) is 12.7. The Kier molecular flexibility index (Phi) is 3.68. The zero-order valence-corrected chi connectivity index (χ0v) is 10.2. The molecule has 1 aliphatic heterocycles. The van der Waals surface area contributed by atoms with Gasteiger partial charge in [-0.05, 0) is 30.5 Å². The Hall–Kier alpha value is -1.72. The number of fused-ring (bicyclic) bond motifs is 1. The summed E-state index contributed by atoms with van der Waals surface area (Å²) in [5.41, 5.74) is 1.92. The van der Waals surface area contributed by atoms with Crippen LogP contribution in [0.25, 0.3) is 0 Å². The van der Waals surface area contributed by atoms with Gasteiger partial charge in [-0.15, -0.1) is 0 Å². The van der Waals surface area contributed by atoms with Crippen LogP contribution in [0, 0.1) is 0 Å². The Labute approximate surface area is 108 Å². The number of rotatable bonds is 4. The van der Waals surface area contributed by atoms with Gasteiger partial charge in [0.25, 0.3) is 0 Å². The lowest BCUT2D eigenvalue weighted by molar-refractivity contribution is -0.135. The van der Waals surface area contributed by atoms with Crippen LogP contribution in [-0.2, 0) is 6.42 Å². The number of halogens is 3. The predicted molar refractivity (Wildman–Crippen MR) is 64.6 cm³/mol. The second-order valence-electron chi connectivity index (χ2n) is 4.60. The molecule has 19 heavy (non-hydrogen) atoms. The first kappa shape index (κ1) is 13.7. The van der Waals surface area contributed by atoms with Crippen molar-refractivity contribution in [3.8, 4) is 0 Å². The van der Waals surface area contributed by atoms with Gasteiger partial charge in [-0.25, -0.2) is 4.79 Å². The number of aromatic carboxylic acids is 1. The Morgan fingerprint density at radius 3 is 2.74 bits per heavy atom. The molecule has 1 aliphatic rings. The summed E-state index contributed by atoms with van der Waals surface area (Å²) in [6.07, 6.45) is -4.16. The highest BCUT2D eigenvalue weighted by Crippen LogP contribution is 2.30. The standard InChI is InChI=1S/C13H14F3NO2/c14-13(15,16)5-1-6-17-7-4-9-2-3-10(12(18)19)8-11(9)17/h2-3,8H,1,4-7H2,(H,18,19). The molecule has 0 aliphatic carbocycles. The Morgan fingerprint density at radius 2 is 2.11 bits per heavy atom. The molecule has 1 N–H and O–H groups in total. The number of hydrogen-bond acceptors (Lipinski definition) is 2. The first-order valence-electron chi connectivity index (χ1n) is 6.05. The normalized spacial score (nSPS) is 14.6. The van der Waals surface area contributed by atoms with Crippen LogP contribution < -0.4 is 4.90 Å². The molecule has 6 heteroatoms. The number of nitrogens with zero attached hydrogens (tertiary/aromatic N) is 1. The van der Waals surface area contributed by atoms with Crippen molar-refractivity contribution in [3.63, 3.8) is 0 Å². The van der Waals surface area contributed by atoms with E-state index < -0.39 is 18.6 Å². The van der Waals surface area contributed by atoms with Crippen LogP contribution in [0.15, 0.2) is 18.2 Å². The van der Waals surface area contributed by atoms with Crippen LogP contribution in [0.1, 0.15) is 28.8 Å². The molecule has 0 saturated carbocycles. The number of carbonyl (C=O) groups is 1. The number of alkyl halides is 3. The van der Waals surface area contributed by atoms with Gasteiger partial charge in [-0.1, -0.05) is 6.07 Å². The van der Waals surface area contributed by atoms with E-state index in [-0.39, 0.29) is 12.0 Å². The van der Waals surface area contributed by atoms with Crippen LogP contribution in [-0.4, -0.2) is 30.3 Å². The van der Waals surface area contributed by atoms with Gasteiger partial charge in [0, 0.05) is 25.2 Å². The maximum atomic E-state index is 12.1. The van der Waals surface area contributed by atoms with Gasteiger partial charge in [-0.3, -0.25) is 0 Å². The van der Waals surface area contributed by atoms with Gasteiger partial charge in [-0.2, -0.15) is 13.2 Å². The molecule has 0 fully saturated rings. The van der Waals surface area contributed by atoms with E-state index in [1.807, 2.05) is 4.90 Å². The van der Waals surface area contributed by atoms with Gasteiger partial charge < -0.3 is 10.0 Å². The van der Waals surface area contributed by atoms with E-state index in [1.54, 1.807) is 6.07 Å². The third-order valence-corrected chi connectivity index (χ3v) is 3.21. The Morgan fingerprint density at radius 1 is 1.37 bits per heavy atom. The molecular formula is C13H14F3NO2. The average molecular weight is 273 g/mol. The quantitative estimate of drug-likeness (QED) is 0.916. The molecule has 0 radical (unpaired) electrons. The molecule has 0 aromatic heterocycles. The minimum Gasteiger partial charge on any atom is -0.478 e. The van der Waals surface area contributed by atoms with Crippen molar-refractivity contribution in [2.45, 2.75) is 25.4 Å². The molecule has 0 amide bonds. The van der Waals surface area contributed by atoms with Gasteiger partial charge in [0.15, 0.2) is 0 Å². The van der Waals surface area contributed by atoms with Gasteiger partial charge >= 0.3 is 12.1 Å². The Bertz CT molecular complexity index is 485. The number of anilines is 1. The number of carboxylic acid groups (broad SMARTS) is 1. The second-order valence-corrected chi connectivity index (χ2v) is 4.60. The zero-order valence-electron chi connectivity index (χ0n) is 10.2. The maximum absolute atomic E-state index is 12.1. The van der Waals surface area contributed by atoms with Gasteiger partial charge in [0.2, 0.25) is 0 Å². The van der Waals surface area contributed by atoms with E-state index in [1.165, 1.54) is 12.1 Å². The molecular weight excluding hydrogens is 259 g/mol. The Balaban J connectivity index is 2.04. The highest BCUT2D eigenvalue weighted by Gasteiger charge is 2.27. The molecule has 1 aromatic carbocycles. The van der Waals surface area contributed by atoms with Crippen molar-refractivity contribution >= 4 is 11.7 Å². The van der Waals surface area contributed by atoms with Crippen molar-refractivity contribution in [1.29, 1.82) is 0 Å². The fourth-order valence-electron chi connectivity index (χ4n) is 2.28. The van der Waals surface area contributed by atoms with E-state index >= 15 is 0 Å². The molecule has 1 heterocycles. The summed E-state index contributed by atoms with van der Waals surface area (Å²) in [6, 6.07) is 4.81. The van der Waals surface area contributed by atoms with E-state index in [9.17, 15) is 18.0 Å². The minimum atomic E-state index is -4.13. The third-order valence-electron chi connectivity index (χ3n) is 3.21. The van der Waals surface area contributed by atoms with E-state index in [0.717, 1.165) is 17.7 Å². The van der Waals surface area contributed by atoms with Crippen molar-refractivity contribution < 1.29 is 23.1 Å². The fraction of sp³-hybridized carbons (Fsp3) is 0.462. The summed E-state index contributed by atoms with van der Waals surface area (Å²) in [5.74, 6) is -1.02. The maximum Gasteiger partial charge on any atom is 0.389 e. The van der Waals surface area contributed by atoms with Crippen molar-refractivity contribution in [1.82, 2.24) is 0 Å².